The Morgan fingerprint density at radius 2 is 2.21 bits per heavy atom. The lowest BCUT2D eigenvalue weighted by Gasteiger charge is -2.21. The number of nitrogens with zero attached hydrogens (tertiary/aromatic N) is 3. The van der Waals surface area contributed by atoms with Crippen LogP contribution in [-0.2, 0) is 4.74 Å². The van der Waals surface area contributed by atoms with Crippen LogP contribution in [0.5, 0.6) is 0 Å². The van der Waals surface area contributed by atoms with Crippen molar-refractivity contribution in [3.05, 3.63) is 23.8 Å². The van der Waals surface area contributed by atoms with Crippen LogP contribution in [0.2, 0.25) is 0 Å². The van der Waals surface area contributed by atoms with Crippen molar-refractivity contribution in [2.75, 3.05) is 13.7 Å². The number of rotatable bonds is 5. The van der Waals surface area contributed by atoms with E-state index < -0.39 is 5.97 Å². The number of benzene rings is 1. The quantitative estimate of drug-likeness (QED) is 0.892. The summed E-state index contributed by atoms with van der Waals surface area (Å²) in [6.45, 7) is 4.55. The number of carbonyl (C=O) groups is 1. The molecule has 1 aromatic carbocycles. The zero-order valence-electron chi connectivity index (χ0n) is 11.2. The Kier molecular flexibility index (Phi) is 3.80. The van der Waals surface area contributed by atoms with Gasteiger partial charge >= 0.3 is 5.97 Å². The number of ether oxygens (including phenoxy) is 1. The second-order valence-electron chi connectivity index (χ2n) is 4.78. The van der Waals surface area contributed by atoms with Crippen molar-refractivity contribution in [2.24, 2.45) is 5.92 Å². The topological polar surface area (TPSA) is 77.2 Å². The molecule has 19 heavy (non-hydrogen) atoms. The summed E-state index contributed by atoms with van der Waals surface area (Å²) in [6.07, 6.45) is 0. The monoisotopic (exact) mass is 263 g/mol. The summed E-state index contributed by atoms with van der Waals surface area (Å²) in [6, 6.07) is 4.95. The Morgan fingerprint density at radius 1 is 1.47 bits per heavy atom. The van der Waals surface area contributed by atoms with E-state index in [9.17, 15) is 9.90 Å². The maximum absolute atomic E-state index is 11.3. The van der Waals surface area contributed by atoms with Crippen LogP contribution in [0.25, 0.3) is 11.0 Å². The molecule has 2 rings (SSSR count). The minimum absolute atomic E-state index is 0.0458. The Labute approximate surface area is 111 Å². The van der Waals surface area contributed by atoms with Gasteiger partial charge in [0.15, 0.2) is 0 Å². The molecule has 1 atom stereocenters. The minimum atomic E-state index is -0.978. The van der Waals surface area contributed by atoms with Gasteiger partial charge in [0.25, 0.3) is 0 Å². The maximum atomic E-state index is 11.3. The fourth-order valence-corrected chi connectivity index (χ4v) is 2.11. The molecule has 0 saturated carbocycles. The first-order valence-corrected chi connectivity index (χ1v) is 6.12. The number of hydrogen-bond acceptors (Lipinski definition) is 4. The number of aromatic nitrogens is 3. The normalized spacial score (nSPS) is 13.1. The molecule has 0 aliphatic carbocycles. The fourth-order valence-electron chi connectivity index (χ4n) is 2.11. The van der Waals surface area contributed by atoms with E-state index in [-0.39, 0.29) is 17.5 Å². The largest absolute Gasteiger partial charge is 0.478 e. The average Bonchev–Trinajstić information content (AvgIpc) is 2.78. The van der Waals surface area contributed by atoms with Gasteiger partial charge in [-0.2, -0.15) is 0 Å². The van der Waals surface area contributed by atoms with E-state index in [1.54, 1.807) is 30.0 Å². The van der Waals surface area contributed by atoms with Crippen LogP contribution in [0.1, 0.15) is 30.2 Å². The van der Waals surface area contributed by atoms with Gasteiger partial charge in [0.1, 0.15) is 11.0 Å². The number of para-hydroxylation sites is 1. The van der Waals surface area contributed by atoms with Crippen molar-refractivity contribution in [3.63, 3.8) is 0 Å². The van der Waals surface area contributed by atoms with Crippen LogP contribution in [0.15, 0.2) is 18.2 Å². The van der Waals surface area contributed by atoms with Crippen molar-refractivity contribution in [3.8, 4) is 0 Å². The smallest absolute Gasteiger partial charge is 0.337 e. The average molecular weight is 263 g/mol. The molecular weight excluding hydrogens is 246 g/mol. The van der Waals surface area contributed by atoms with Crippen LogP contribution in [-0.4, -0.2) is 39.8 Å². The third kappa shape index (κ3) is 2.44. The Bertz CT molecular complexity index is 592. The number of methoxy groups -OCH3 is 1. The zero-order valence-corrected chi connectivity index (χ0v) is 11.2. The van der Waals surface area contributed by atoms with Crippen molar-refractivity contribution in [1.82, 2.24) is 15.0 Å². The number of hydrogen-bond donors (Lipinski definition) is 1. The highest BCUT2D eigenvalue weighted by Gasteiger charge is 2.22. The second kappa shape index (κ2) is 5.36. The summed E-state index contributed by atoms with van der Waals surface area (Å²) >= 11 is 0. The molecule has 1 aromatic heterocycles. The van der Waals surface area contributed by atoms with E-state index in [1.807, 2.05) is 13.8 Å². The number of fused-ring (bicyclic) bond motifs is 1. The molecule has 0 spiro atoms. The first-order valence-electron chi connectivity index (χ1n) is 6.12. The number of aromatic carboxylic acids is 1. The summed E-state index contributed by atoms with van der Waals surface area (Å²) in [5.41, 5.74) is 1.34. The lowest BCUT2D eigenvalue weighted by molar-refractivity contribution is 0.0697. The van der Waals surface area contributed by atoms with Gasteiger partial charge in [0.2, 0.25) is 0 Å². The molecule has 2 aromatic rings. The molecule has 6 heteroatoms. The summed E-state index contributed by atoms with van der Waals surface area (Å²) in [4.78, 5) is 11.3. The molecule has 0 radical (unpaired) electrons. The van der Waals surface area contributed by atoms with Gasteiger partial charge in [-0.3, -0.25) is 0 Å². The van der Waals surface area contributed by atoms with Gasteiger partial charge in [0, 0.05) is 7.11 Å². The second-order valence-corrected chi connectivity index (χ2v) is 4.78. The van der Waals surface area contributed by atoms with Crippen LogP contribution in [0.3, 0.4) is 0 Å². The van der Waals surface area contributed by atoms with Crippen molar-refractivity contribution in [1.29, 1.82) is 0 Å². The first kappa shape index (κ1) is 13.5. The maximum Gasteiger partial charge on any atom is 0.337 e. The predicted octanol–water partition coefficient (Wildman–Crippen LogP) is 1.97. The van der Waals surface area contributed by atoms with Crippen molar-refractivity contribution >= 4 is 17.0 Å². The first-order chi connectivity index (χ1) is 9.06. The van der Waals surface area contributed by atoms with E-state index in [4.69, 9.17) is 4.74 Å². The highest BCUT2D eigenvalue weighted by molar-refractivity contribution is 6.00. The molecule has 0 saturated heterocycles. The molecular formula is C13H17N3O3. The molecule has 6 nitrogen and oxygen atoms in total. The van der Waals surface area contributed by atoms with E-state index >= 15 is 0 Å². The highest BCUT2D eigenvalue weighted by atomic mass is 16.5. The lowest BCUT2D eigenvalue weighted by Crippen LogP contribution is -2.22. The van der Waals surface area contributed by atoms with E-state index in [0.717, 1.165) is 0 Å². The minimum Gasteiger partial charge on any atom is -0.478 e. The highest BCUT2D eigenvalue weighted by Crippen LogP contribution is 2.24. The van der Waals surface area contributed by atoms with E-state index in [0.29, 0.717) is 17.6 Å². The van der Waals surface area contributed by atoms with Gasteiger partial charge < -0.3 is 9.84 Å². The molecule has 102 valence electrons. The molecule has 0 aliphatic rings. The molecule has 0 fully saturated rings. The SMILES string of the molecule is COCC(C(C)C)n1nnc2cccc(C(=O)O)c21. The van der Waals surface area contributed by atoms with Crippen molar-refractivity contribution in [2.45, 2.75) is 19.9 Å². The molecule has 1 unspecified atom stereocenters. The number of carboxylic acids is 1. The van der Waals surface area contributed by atoms with Gasteiger partial charge in [-0.05, 0) is 18.1 Å². The Balaban J connectivity index is 2.63. The molecule has 1 heterocycles. The summed E-state index contributed by atoms with van der Waals surface area (Å²) < 4.78 is 6.86. The van der Waals surface area contributed by atoms with Gasteiger partial charge in [-0.15, -0.1) is 5.10 Å². The van der Waals surface area contributed by atoms with Crippen molar-refractivity contribution < 1.29 is 14.6 Å². The molecule has 1 N–H and O–H groups in total. The van der Waals surface area contributed by atoms with E-state index in [2.05, 4.69) is 10.3 Å². The number of carboxylic acid groups (broad SMARTS) is 1. The standard InChI is InChI=1S/C13H17N3O3/c1-8(2)11(7-19-3)16-12-9(13(17)18)5-4-6-10(12)14-15-16/h4-6,8,11H,7H2,1-3H3,(H,17,18). The Hall–Kier alpha value is -1.95. The summed E-state index contributed by atoms with van der Waals surface area (Å²) in [5.74, 6) is -0.722. The fraction of sp³-hybridized carbons (Fsp3) is 0.462. The van der Waals surface area contributed by atoms with Crippen LogP contribution in [0, 0.1) is 5.92 Å². The molecule has 0 bridgehead atoms. The Morgan fingerprint density at radius 3 is 2.79 bits per heavy atom. The molecule has 0 amide bonds. The van der Waals surface area contributed by atoms with Gasteiger partial charge in [-0.25, -0.2) is 9.48 Å². The lowest BCUT2D eigenvalue weighted by atomic mass is 10.0. The van der Waals surface area contributed by atoms with Crippen LogP contribution in [0.4, 0.5) is 0 Å². The summed E-state index contributed by atoms with van der Waals surface area (Å²) in [7, 11) is 1.62. The third-order valence-electron chi connectivity index (χ3n) is 3.14. The predicted molar refractivity (Wildman–Crippen MR) is 70.2 cm³/mol. The van der Waals surface area contributed by atoms with E-state index in [1.165, 1.54) is 0 Å². The zero-order chi connectivity index (χ0) is 14.0. The van der Waals surface area contributed by atoms with Crippen LogP contribution >= 0.6 is 0 Å². The van der Waals surface area contributed by atoms with Gasteiger partial charge in [0.05, 0.1) is 18.2 Å². The third-order valence-corrected chi connectivity index (χ3v) is 3.14. The summed E-state index contributed by atoms with van der Waals surface area (Å²) in [5, 5.41) is 17.4. The molecule has 0 aliphatic heterocycles. The van der Waals surface area contributed by atoms with Crippen LogP contribution < -0.4 is 0 Å². The van der Waals surface area contributed by atoms with Gasteiger partial charge in [-0.1, -0.05) is 25.1 Å².